The van der Waals surface area contributed by atoms with Crippen LogP contribution in [0.2, 0.25) is 0 Å². The van der Waals surface area contributed by atoms with Crippen molar-refractivity contribution in [2.75, 3.05) is 31.1 Å². The lowest BCUT2D eigenvalue weighted by Gasteiger charge is -2.40. The smallest absolute Gasteiger partial charge is 0.414 e. The van der Waals surface area contributed by atoms with Crippen LogP contribution in [0, 0.1) is 34.4 Å². The van der Waals surface area contributed by atoms with Crippen LogP contribution < -0.4 is 21.1 Å². The van der Waals surface area contributed by atoms with E-state index in [1.807, 2.05) is 16.3 Å². The Hall–Kier alpha value is -2.95. The Bertz CT molecular complexity index is 1040. The molecule has 0 saturated carbocycles. The van der Waals surface area contributed by atoms with Crippen LogP contribution in [0.4, 0.5) is 14.9 Å². The van der Waals surface area contributed by atoms with Crippen LogP contribution in [0.25, 0.3) is 0 Å². The highest BCUT2D eigenvalue weighted by Gasteiger charge is 2.33. The number of halogens is 1. The summed E-state index contributed by atoms with van der Waals surface area (Å²) in [5.74, 6) is -0.437. The van der Waals surface area contributed by atoms with Crippen LogP contribution in [-0.2, 0) is 21.6 Å². The Morgan fingerprint density at radius 2 is 1.79 bits per heavy atom. The minimum atomic E-state index is -3.66. The highest BCUT2D eigenvalue weighted by molar-refractivity contribution is 7.86. The number of nitrogens with two attached hydrogens (primary N) is 2. The molecule has 0 unspecified atom stereocenters. The van der Waals surface area contributed by atoms with Gasteiger partial charge in [0.2, 0.25) is 0 Å². The molecule has 13 heteroatoms. The third-order valence-corrected chi connectivity index (χ3v) is 7.38. The maximum atomic E-state index is 15.3. The second kappa shape index (κ2) is 10.3. The van der Waals surface area contributed by atoms with Gasteiger partial charge in [0.1, 0.15) is 12.7 Å². The van der Waals surface area contributed by atoms with Gasteiger partial charge in [-0.1, -0.05) is 6.07 Å². The Morgan fingerprint density at radius 3 is 2.30 bits per heavy atom. The molecule has 2 aliphatic rings. The third-order valence-electron chi connectivity index (χ3n) is 6.29. The van der Waals surface area contributed by atoms with E-state index in [4.69, 9.17) is 21.0 Å². The molecule has 1 amide bonds. The minimum Gasteiger partial charge on any atom is -0.444 e. The van der Waals surface area contributed by atoms with Gasteiger partial charge in [0.15, 0.2) is 11.8 Å². The number of amides is 1. The molecule has 0 bridgehead atoms. The predicted molar refractivity (Wildman–Crippen MR) is 119 cm³/mol. The van der Waals surface area contributed by atoms with Gasteiger partial charge in [0.25, 0.3) is 10.2 Å². The van der Waals surface area contributed by atoms with E-state index in [0.29, 0.717) is 38.0 Å². The van der Waals surface area contributed by atoms with E-state index in [1.165, 1.54) is 16.4 Å². The highest BCUT2D eigenvalue weighted by atomic mass is 32.2. The summed E-state index contributed by atoms with van der Waals surface area (Å²) in [6, 6.07) is 4.91. The third kappa shape index (κ3) is 6.10. The van der Waals surface area contributed by atoms with E-state index >= 15 is 4.39 Å². The van der Waals surface area contributed by atoms with Crippen LogP contribution in [0.15, 0.2) is 12.1 Å². The van der Waals surface area contributed by atoms with Crippen molar-refractivity contribution in [1.29, 1.82) is 10.7 Å². The SMILES string of the molecule is N#Cc1ccc(COC(=O)NC(=N)N)c(F)c1N1CCC(C2CCN(S(N)(=O)=O)CC2)CC1. The second-order valence-corrected chi connectivity index (χ2v) is 9.81. The Kier molecular flexibility index (Phi) is 7.72. The molecule has 0 radical (unpaired) electrons. The van der Waals surface area contributed by atoms with Crippen LogP contribution in [-0.4, -0.2) is 51.0 Å². The molecule has 0 aliphatic carbocycles. The summed E-state index contributed by atoms with van der Waals surface area (Å²) in [6.45, 7) is 1.57. The summed E-state index contributed by atoms with van der Waals surface area (Å²) in [6.07, 6.45) is 2.11. The van der Waals surface area contributed by atoms with Crippen LogP contribution in [0.1, 0.15) is 36.8 Å². The molecule has 6 N–H and O–H groups in total. The van der Waals surface area contributed by atoms with Gasteiger partial charge in [-0.2, -0.15) is 18.0 Å². The fourth-order valence-corrected chi connectivity index (χ4v) is 5.32. The normalized spacial score (nSPS) is 18.5. The summed E-state index contributed by atoms with van der Waals surface area (Å²) in [5.41, 5.74) is 5.56. The molecule has 1 aromatic rings. The molecule has 1 aromatic carbocycles. The number of nitrogens with one attached hydrogen (secondary N) is 2. The number of nitrogens with zero attached hydrogens (tertiary/aromatic N) is 3. The van der Waals surface area contributed by atoms with Gasteiger partial charge in [0, 0.05) is 31.7 Å². The maximum absolute atomic E-state index is 15.3. The van der Waals surface area contributed by atoms with Gasteiger partial charge in [-0.3, -0.25) is 10.7 Å². The monoisotopic (exact) mass is 481 g/mol. The van der Waals surface area contributed by atoms with E-state index in [1.54, 1.807) is 0 Å². The zero-order valence-corrected chi connectivity index (χ0v) is 18.9. The number of benzene rings is 1. The zero-order chi connectivity index (χ0) is 24.2. The fraction of sp³-hybridized carbons (Fsp3) is 0.550. The molecule has 11 nitrogen and oxygen atoms in total. The number of rotatable bonds is 5. The van der Waals surface area contributed by atoms with Gasteiger partial charge in [-0.25, -0.2) is 14.3 Å². The molecule has 0 spiro atoms. The number of guanidine groups is 1. The first-order chi connectivity index (χ1) is 15.6. The Balaban J connectivity index is 1.64. The van der Waals surface area contributed by atoms with E-state index in [-0.39, 0.29) is 23.4 Å². The van der Waals surface area contributed by atoms with Crippen molar-refractivity contribution in [1.82, 2.24) is 9.62 Å². The van der Waals surface area contributed by atoms with E-state index in [2.05, 4.69) is 0 Å². The minimum absolute atomic E-state index is 0.111. The number of anilines is 1. The van der Waals surface area contributed by atoms with Gasteiger partial charge in [-0.05, 0) is 43.6 Å². The number of hydrogen-bond donors (Lipinski definition) is 4. The number of carbonyl (C=O) groups excluding carboxylic acids is 1. The molecule has 0 atom stereocenters. The van der Waals surface area contributed by atoms with Crippen molar-refractivity contribution >= 4 is 27.9 Å². The summed E-state index contributed by atoms with van der Waals surface area (Å²) >= 11 is 0. The van der Waals surface area contributed by atoms with Gasteiger partial charge in [0.05, 0.1) is 11.3 Å². The van der Waals surface area contributed by atoms with Gasteiger partial charge < -0.3 is 15.4 Å². The van der Waals surface area contributed by atoms with E-state index in [9.17, 15) is 18.5 Å². The molecule has 3 rings (SSSR count). The predicted octanol–water partition coefficient (Wildman–Crippen LogP) is 0.949. The summed E-state index contributed by atoms with van der Waals surface area (Å²) < 4.78 is 44.5. The van der Waals surface area contributed by atoms with Crippen LogP contribution >= 0.6 is 0 Å². The van der Waals surface area contributed by atoms with Crippen LogP contribution in [0.5, 0.6) is 0 Å². The second-order valence-electron chi connectivity index (χ2n) is 8.27. The molecular formula is C20H28FN7O4S. The lowest BCUT2D eigenvalue weighted by Crippen LogP contribution is -2.45. The summed E-state index contributed by atoms with van der Waals surface area (Å²) in [4.78, 5) is 13.4. The first-order valence-corrected chi connectivity index (χ1v) is 12.1. The maximum Gasteiger partial charge on any atom is 0.414 e. The first-order valence-electron chi connectivity index (χ1n) is 10.6. The highest BCUT2D eigenvalue weighted by Crippen LogP contribution is 2.36. The van der Waals surface area contributed by atoms with Crippen molar-refractivity contribution in [2.45, 2.75) is 32.3 Å². The van der Waals surface area contributed by atoms with Crippen molar-refractivity contribution in [2.24, 2.45) is 22.7 Å². The average molecular weight is 482 g/mol. The topological polar surface area (TPSA) is 179 Å². The summed E-state index contributed by atoms with van der Waals surface area (Å²) in [5, 5.41) is 23.7. The largest absolute Gasteiger partial charge is 0.444 e. The van der Waals surface area contributed by atoms with Crippen molar-refractivity contribution in [3.8, 4) is 6.07 Å². The molecule has 2 heterocycles. The number of piperidine rings is 2. The number of ether oxygens (including phenoxy) is 1. The standard InChI is InChI=1S/C20H28FN7O4S/c21-17-16(12-32-20(29)26-19(23)24)2-1-15(11-22)18(17)27-7-3-13(4-8-27)14-5-9-28(10-6-14)33(25,30)31/h1-2,13-14H,3-10,12H2,(H2,25,30,31)(H4,23,24,26,29). The van der Waals surface area contributed by atoms with Crippen molar-refractivity contribution in [3.05, 3.63) is 29.1 Å². The van der Waals surface area contributed by atoms with Crippen molar-refractivity contribution < 1.29 is 22.3 Å². The molecule has 180 valence electrons. The Labute approximate surface area is 192 Å². The molecular weight excluding hydrogens is 453 g/mol. The zero-order valence-electron chi connectivity index (χ0n) is 18.1. The Morgan fingerprint density at radius 1 is 1.21 bits per heavy atom. The number of alkyl carbamates (subject to hydrolysis) is 1. The number of nitriles is 1. The van der Waals surface area contributed by atoms with Crippen LogP contribution in [0.3, 0.4) is 0 Å². The van der Waals surface area contributed by atoms with Crippen molar-refractivity contribution in [3.63, 3.8) is 0 Å². The fourth-order valence-electron chi connectivity index (χ4n) is 4.60. The summed E-state index contributed by atoms with van der Waals surface area (Å²) in [7, 11) is -3.66. The molecule has 0 aromatic heterocycles. The van der Waals surface area contributed by atoms with Gasteiger partial charge in [-0.15, -0.1) is 0 Å². The number of hydrogen-bond acceptors (Lipinski definition) is 7. The molecule has 33 heavy (non-hydrogen) atoms. The van der Waals surface area contributed by atoms with Gasteiger partial charge >= 0.3 is 6.09 Å². The molecule has 2 saturated heterocycles. The van der Waals surface area contributed by atoms with E-state index < -0.39 is 28.1 Å². The lowest BCUT2D eigenvalue weighted by molar-refractivity contribution is 0.143. The average Bonchev–Trinajstić information content (AvgIpc) is 2.77. The number of carbonyl (C=O) groups is 1. The lowest BCUT2D eigenvalue weighted by atomic mass is 9.79. The van der Waals surface area contributed by atoms with E-state index in [0.717, 1.165) is 25.7 Å². The first kappa shape index (κ1) is 24.7. The quantitative estimate of drug-likeness (QED) is 0.357. The molecule has 2 aliphatic heterocycles. The molecule has 2 fully saturated rings.